The molecule has 0 aliphatic heterocycles. The first-order chi connectivity index (χ1) is 13.2. The van der Waals surface area contributed by atoms with Crippen LogP contribution < -0.4 is 5.32 Å². The van der Waals surface area contributed by atoms with Crippen molar-refractivity contribution in [1.82, 2.24) is 15.3 Å². The standard InChI is InChI=1S/C21H25N3OS2/c25-17(24-21-7-12-4-13(8-21)6-14(5-12)9-21)10-26-19-18-15-2-1-3-16(15)27-20(18)23-11-22-19/h11-14H,1-10H2,(H,24,25). The van der Waals surface area contributed by atoms with Crippen molar-refractivity contribution in [1.29, 1.82) is 0 Å². The summed E-state index contributed by atoms with van der Waals surface area (Å²) in [6, 6.07) is 0. The molecular formula is C21H25N3OS2. The van der Waals surface area contributed by atoms with E-state index in [1.807, 2.05) is 11.3 Å². The lowest BCUT2D eigenvalue weighted by atomic mass is 9.53. The highest BCUT2D eigenvalue weighted by Crippen LogP contribution is 2.55. The number of hydrogen-bond donors (Lipinski definition) is 1. The van der Waals surface area contributed by atoms with E-state index >= 15 is 0 Å². The van der Waals surface area contributed by atoms with Crippen LogP contribution in [0.25, 0.3) is 10.2 Å². The van der Waals surface area contributed by atoms with Gasteiger partial charge in [-0.15, -0.1) is 11.3 Å². The second kappa shape index (κ2) is 6.18. The fourth-order valence-electron chi connectivity index (χ4n) is 6.74. The predicted molar refractivity (Wildman–Crippen MR) is 109 cm³/mol. The molecule has 0 atom stereocenters. The number of thiophene rings is 1. The van der Waals surface area contributed by atoms with Crippen LogP contribution in [-0.4, -0.2) is 27.2 Å². The maximum atomic E-state index is 12.8. The number of carbonyl (C=O) groups is 1. The van der Waals surface area contributed by atoms with Gasteiger partial charge in [-0.25, -0.2) is 9.97 Å². The fraction of sp³-hybridized carbons (Fsp3) is 0.667. The number of rotatable bonds is 4. The van der Waals surface area contributed by atoms with Gasteiger partial charge in [0, 0.05) is 15.8 Å². The smallest absolute Gasteiger partial charge is 0.230 e. The Balaban J connectivity index is 1.18. The number of nitrogens with one attached hydrogen (secondary N) is 1. The van der Waals surface area contributed by atoms with Crippen molar-refractivity contribution in [3.63, 3.8) is 0 Å². The first-order valence-corrected chi connectivity index (χ1v) is 12.2. The molecule has 0 saturated heterocycles. The molecule has 1 amide bonds. The Hall–Kier alpha value is -1.14. The molecule has 2 aromatic heterocycles. The molecule has 5 aliphatic rings. The highest BCUT2D eigenvalue weighted by atomic mass is 32.2. The van der Waals surface area contributed by atoms with Gasteiger partial charge in [0.2, 0.25) is 5.91 Å². The zero-order chi connectivity index (χ0) is 18.0. The molecule has 4 saturated carbocycles. The summed E-state index contributed by atoms with van der Waals surface area (Å²) in [6.45, 7) is 0. The highest BCUT2D eigenvalue weighted by molar-refractivity contribution is 8.00. The van der Waals surface area contributed by atoms with Crippen molar-refractivity contribution in [2.45, 2.75) is 68.4 Å². The van der Waals surface area contributed by atoms with Crippen LogP contribution in [0.5, 0.6) is 0 Å². The summed E-state index contributed by atoms with van der Waals surface area (Å²) >= 11 is 3.41. The van der Waals surface area contributed by atoms with Crippen LogP contribution in [0.15, 0.2) is 11.4 Å². The zero-order valence-corrected chi connectivity index (χ0v) is 17.1. The van der Waals surface area contributed by atoms with Crippen LogP contribution in [0.4, 0.5) is 0 Å². The lowest BCUT2D eigenvalue weighted by Gasteiger charge is -2.56. The van der Waals surface area contributed by atoms with E-state index < -0.39 is 0 Å². The van der Waals surface area contributed by atoms with Crippen molar-refractivity contribution in [3.8, 4) is 0 Å². The summed E-state index contributed by atoms with van der Waals surface area (Å²) in [5, 5.41) is 5.71. The molecule has 6 heteroatoms. The van der Waals surface area contributed by atoms with E-state index in [-0.39, 0.29) is 11.4 Å². The van der Waals surface area contributed by atoms with Gasteiger partial charge in [0.15, 0.2) is 0 Å². The Labute approximate surface area is 167 Å². The van der Waals surface area contributed by atoms with Gasteiger partial charge in [-0.3, -0.25) is 4.79 Å². The van der Waals surface area contributed by atoms with Gasteiger partial charge in [0.05, 0.1) is 5.75 Å². The Morgan fingerprint density at radius 3 is 2.63 bits per heavy atom. The molecule has 1 N–H and O–H groups in total. The van der Waals surface area contributed by atoms with Crippen molar-refractivity contribution in [2.75, 3.05) is 5.75 Å². The first-order valence-electron chi connectivity index (χ1n) is 10.4. The summed E-state index contributed by atoms with van der Waals surface area (Å²) in [5.74, 6) is 3.25. The van der Waals surface area contributed by atoms with Gasteiger partial charge in [0.1, 0.15) is 16.2 Å². The van der Waals surface area contributed by atoms with Crippen LogP contribution >= 0.6 is 23.1 Å². The Morgan fingerprint density at radius 1 is 1.15 bits per heavy atom. The number of nitrogens with zero attached hydrogens (tertiary/aromatic N) is 2. The maximum Gasteiger partial charge on any atom is 0.230 e. The van der Waals surface area contributed by atoms with E-state index in [2.05, 4.69) is 15.3 Å². The van der Waals surface area contributed by atoms with Gasteiger partial charge in [0.25, 0.3) is 0 Å². The van der Waals surface area contributed by atoms with Gasteiger partial charge < -0.3 is 5.32 Å². The lowest BCUT2D eigenvalue weighted by Crippen LogP contribution is -2.60. The number of aromatic nitrogens is 2. The van der Waals surface area contributed by atoms with E-state index in [1.165, 1.54) is 67.2 Å². The SMILES string of the molecule is O=C(CSc1ncnc2sc3c(c12)CCC3)NC12CC3CC(CC(C3)C1)C2. The number of carbonyl (C=O) groups excluding carboxylic acids is 1. The average molecular weight is 400 g/mol. The highest BCUT2D eigenvalue weighted by Gasteiger charge is 2.51. The van der Waals surface area contributed by atoms with Gasteiger partial charge >= 0.3 is 0 Å². The molecule has 2 heterocycles. The van der Waals surface area contributed by atoms with Gasteiger partial charge in [-0.05, 0) is 81.1 Å². The lowest BCUT2D eigenvalue weighted by molar-refractivity contribution is -0.124. The topological polar surface area (TPSA) is 54.9 Å². The van der Waals surface area contributed by atoms with Crippen molar-refractivity contribution < 1.29 is 4.79 Å². The van der Waals surface area contributed by atoms with Crippen LogP contribution in [0, 0.1) is 17.8 Å². The molecule has 5 aliphatic carbocycles. The maximum absolute atomic E-state index is 12.8. The quantitative estimate of drug-likeness (QED) is 0.613. The van der Waals surface area contributed by atoms with Crippen LogP contribution in [0.2, 0.25) is 0 Å². The molecule has 0 aromatic carbocycles. The van der Waals surface area contributed by atoms with Crippen molar-refractivity contribution >= 4 is 39.2 Å². The van der Waals surface area contributed by atoms with Crippen molar-refractivity contribution in [3.05, 3.63) is 16.8 Å². The number of thioether (sulfide) groups is 1. The molecule has 4 fully saturated rings. The minimum Gasteiger partial charge on any atom is -0.350 e. The molecule has 0 radical (unpaired) electrons. The minimum atomic E-state index is 0.108. The third-order valence-corrected chi connectivity index (χ3v) is 9.44. The minimum absolute atomic E-state index is 0.108. The van der Waals surface area contributed by atoms with Crippen LogP contribution in [0.1, 0.15) is 55.4 Å². The third kappa shape index (κ3) is 2.82. The summed E-state index contributed by atoms with van der Waals surface area (Å²) < 4.78 is 0. The predicted octanol–water partition coefficient (Wildman–Crippen LogP) is 4.36. The molecule has 7 rings (SSSR count). The number of fused-ring (bicyclic) bond motifs is 3. The Morgan fingerprint density at radius 2 is 1.89 bits per heavy atom. The average Bonchev–Trinajstić information content (AvgIpc) is 3.19. The van der Waals surface area contributed by atoms with E-state index in [0.29, 0.717) is 5.75 Å². The largest absolute Gasteiger partial charge is 0.350 e. The second-order valence-electron chi connectivity index (χ2n) is 9.25. The molecule has 0 spiro atoms. The monoisotopic (exact) mass is 399 g/mol. The third-order valence-electron chi connectivity index (χ3n) is 7.25. The van der Waals surface area contributed by atoms with Gasteiger partial charge in [-0.1, -0.05) is 11.8 Å². The summed E-state index contributed by atoms with van der Waals surface area (Å²) in [6.07, 6.45) is 13.1. The number of hydrogen-bond acceptors (Lipinski definition) is 5. The van der Waals surface area contributed by atoms with Crippen molar-refractivity contribution in [2.24, 2.45) is 17.8 Å². The zero-order valence-electron chi connectivity index (χ0n) is 15.5. The summed E-state index contributed by atoms with van der Waals surface area (Å²) in [7, 11) is 0. The molecule has 27 heavy (non-hydrogen) atoms. The normalized spacial score (nSPS) is 33.6. The van der Waals surface area contributed by atoms with E-state index in [0.717, 1.165) is 34.0 Å². The molecule has 142 valence electrons. The summed E-state index contributed by atoms with van der Waals surface area (Å²) in [5.41, 5.74) is 1.55. The second-order valence-corrected chi connectivity index (χ2v) is 11.3. The molecular weight excluding hydrogens is 374 g/mol. The van der Waals surface area contributed by atoms with Crippen LogP contribution in [-0.2, 0) is 17.6 Å². The van der Waals surface area contributed by atoms with E-state index in [1.54, 1.807) is 18.1 Å². The first kappa shape index (κ1) is 16.8. The molecule has 4 bridgehead atoms. The number of amides is 1. The Kier molecular flexibility index (Phi) is 3.84. The Bertz CT molecular complexity index is 886. The van der Waals surface area contributed by atoms with Crippen LogP contribution in [0.3, 0.4) is 0 Å². The molecule has 0 unspecified atom stereocenters. The number of aryl methyl sites for hydroxylation is 2. The molecule has 2 aromatic rings. The van der Waals surface area contributed by atoms with E-state index in [9.17, 15) is 4.79 Å². The summed E-state index contributed by atoms with van der Waals surface area (Å²) in [4.78, 5) is 24.4. The van der Waals surface area contributed by atoms with E-state index in [4.69, 9.17) is 0 Å². The van der Waals surface area contributed by atoms with Gasteiger partial charge in [-0.2, -0.15) is 0 Å². The fourth-order valence-corrected chi connectivity index (χ4v) is 8.86. The molecule has 4 nitrogen and oxygen atoms in total.